The fraction of sp³-hybridized carbons (Fsp3) is 0.625. The van der Waals surface area contributed by atoms with Crippen LogP contribution in [0.15, 0.2) is 24.3 Å². The van der Waals surface area contributed by atoms with E-state index < -0.39 is 0 Å². The van der Waals surface area contributed by atoms with Crippen molar-refractivity contribution in [3.8, 4) is 0 Å². The van der Waals surface area contributed by atoms with Crippen LogP contribution >= 0.6 is 0 Å². The van der Waals surface area contributed by atoms with E-state index >= 15 is 0 Å². The van der Waals surface area contributed by atoms with Gasteiger partial charge in [0.1, 0.15) is 0 Å². The van der Waals surface area contributed by atoms with Gasteiger partial charge in [-0.25, -0.2) is 0 Å². The Labute approximate surface area is 118 Å². The second-order valence-corrected chi connectivity index (χ2v) is 5.08. The number of nitrogens with one attached hydrogen (secondary N) is 1. The highest BCUT2D eigenvalue weighted by Gasteiger charge is 2.14. The van der Waals surface area contributed by atoms with Gasteiger partial charge in [-0.1, -0.05) is 31.2 Å². The molecule has 0 amide bonds. The minimum Gasteiger partial charge on any atom is -0.385 e. The Bertz CT molecular complexity index is 354. The molecule has 3 nitrogen and oxygen atoms in total. The lowest BCUT2D eigenvalue weighted by Gasteiger charge is -2.26. The molecule has 1 aromatic carbocycles. The molecule has 1 atom stereocenters. The number of hydrogen-bond donors (Lipinski definition) is 1. The van der Waals surface area contributed by atoms with Crippen molar-refractivity contribution < 1.29 is 4.74 Å². The van der Waals surface area contributed by atoms with Gasteiger partial charge in [0, 0.05) is 32.8 Å². The lowest BCUT2D eigenvalue weighted by molar-refractivity contribution is 0.176. The summed E-state index contributed by atoms with van der Waals surface area (Å²) in [5.41, 5.74) is 2.77. The number of aryl methyl sites for hydroxylation is 1. The van der Waals surface area contributed by atoms with E-state index in [0.717, 1.165) is 32.7 Å². The molecule has 1 unspecified atom stereocenters. The lowest BCUT2D eigenvalue weighted by atomic mass is 10.0. The topological polar surface area (TPSA) is 24.5 Å². The SMILES string of the molecule is CCNC(CN(C)CCCOC)c1ccccc1C. The number of hydrogen-bond acceptors (Lipinski definition) is 3. The van der Waals surface area contributed by atoms with Crippen LogP contribution in [0.25, 0.3) is 0 Å². The molecule has 0 saturated heterocycles. The molecule has 0 saturated carbocycles. The first kappa shape index (κ1) is 16.2. The summed E-state index contributed by atoms with van der Waals surface area (Å²) in [5.74, 6) is 0. The van der Waals surface area contributed by atoms with Crippen LogP contribution in [-0.4, -0.2) is 45.3 Å². The maximum Gasteiger partial charge on any atom is 0.0474 e. The summed E-state index contributed by atoms with van der Waals surface area (Å²) >= 11 is 0. The number of methoxy groups -OCH3 is 1. The molecule has 0 aliphatic heterocycles. The Kier molecular flexibility index (Phi) is 7.72. The summed E-state index contributed by atoms with van der Waals surface area (Å²) in [6, 6.07) is 9.04. The number of benzene rings is 1. The van der Waals surface area contributed by atoms with Gasteiger partial charge in [-0.2, -0.15) is 0 Å². The summed E-state index contributed by atoms with van der Waals surface area (Å²) in [6.07, 6.45) is 1.08. The van der Waals surface area contributed by atoms with E-state index in [-0.39, 0.29) is 0 Å². The van der Waals surface area contributed by atoms with Gasteiger partial charge < -0.3 is 15.0 Å². The molecule has 0 aliphatic rings. The van der Waals surface area contributed by atoms with E-state index in [0.29, 0.717) is 6.04 Å². The van der Waals surface area contributed by atoms with Crippen LogP contribution in [0.4, 0.5) is 0 Å². The summed E-state index contributed by atoms with van der Waals surface area (Å²) in [7, 11) is 3.94. The van der Waals surface area contributed by atoms with Crippen molar-refractivity contribution in [3.05, 3.63) is 35.4 Å². The van der Waals surface area contributed by atoms with Crippen LogP contribution in [0.2, 0.25) is 0 Å². The molecule has 0 fully saturated rings. The van der Waals surface area contributed by atoms with E-state index in [9.17, 15) is 0 Å². The molecule has 1 N–H and O–H groups in total. The maximum atomic E-state index is 5.11. The van der Waals surface area contributed by atoms with Crippen molar-refractivity contribution in [3.63, 3.8) is 0 Å². The van der Waals surface area contributed by atoms with Gasteiger partial charge in [0.2, 0.25) is 0 Å². The number of nitrogens with zero attached hydrogens (tertiary/aromatic N) is 1. The van der Waals surface area contributed by atoms with E-state index in [4.69, 9.17) is 4.74 Å². The van der Waals surface area contributed by atoms with Crippen molar-refractivity contribution >= 4 is 0 Å². The first-order valence-corrected chi connectivity index (χ1v) is 7.15. The molecule has 3 heteroatoms. The average Bonchev–Trinajstić information content (AvgIpc) is 2.39. The van der Waals surface area contributed by atoms with Gasteiger partial charge in [-0.15, -0.1) is 0 Å². The van der Waals surface area contributed by atoms with Crippen molar-refractivity contribution in [2.45, 2.75) is 26.3 Å². The van der Waals surface area contributed by atoms with Crippen LogP contribution in [0.1, 0.15) is 30.5 Å². The Morgan fingerprint density at radius 3 is 2.68 bits per heavy atom. The minimum atomic E-state index is 0.402. The molecule has 0 heterocycles. The van der Waals surface area contributed by atoms with Gasteiger partial charge in [0.15, 0.2) is 0 Å². The smallest absolute Gasteiger partial charge is 0.0474 e. The number of likely N-dealkylation sites (N-methyl/N-ethyl adjacent to an activating group) is 2. The van der Waals surface area contributed by atoms with Crippen LogP contribution in [0.3, 0.4) is 0 Å². The monoisotopic (exact) mass is 264 g/mol. The number of ether oxygens (including phenoxy) is 1. The van der Waals surface area contributed by atoms with E-state index in [1.807, 2.05) is 0 Å². The molecule has 108 valence electrons. The molecule has 0 spiro atoms. The Morgan fingerprint density at radius 1 is 1.32 bits per heavy atom. The first-order valence-electron chi connectivity index (χ1n) is 7.15. The maximum absolute atomic E-state index is 5.11. The molecule has 0 bridgehead atoms. The predicted octanol–water partition coefficient (Wildman–Crippen LogP) is 2.61. The van der Waals surface area contributed by atoms with Gasteiger partial charge in [-0.05, 0) is 38.1 Å². The zero-order valence-electron chi connectivity index (χ0n) is 12.8. The predicted molar refractivity (Wildman–Crippen MR) is 81.6 cm³/mol. The minimum absolute atomic E-state index is 0.402. The highest BCUT2D eigenvalue weighted by molar-refractivity contribution is 5.29. The van der Waals surface area contributed by atoms with Crippen molar-refractivity contribution in [2.24, 2.45) is 0 Å². The third-order valence-electron chi connectivity index (χ3n) is 3.40. The summed E-state index contributed by atoms with van der Waals surface area (Å²) < 4.78 is 5.11. The largest absolute Gasteiger partial charge is 0.385 e. The fourth-order valence-electron chi connectivity index (χ4n) is 2.38. The standard InChI is InChI=1S/C16H28N2O/c1-5-17-16(13-18(3)11-8-12-19-4)15-10-7-6-9-14(15)2/h6-7,9-10,16-17H,5,8,11-13H2,1-4H3. The molecular formula is C16H28N2O. The fourth-order valence-corrected chi connectivity index (χ4v) is 2.38. The van der Waals surface area contributed by atoms with Crippen LogP contribution in [-0.2, 0) is 4.74 Å². The summed E-state index contributed by atoms with van der Waals surface area (Å²) in [4.78, 5) is 2.37. The van der Waals surface area contributed by atoms with Crippen molar-refractivity contribution in [2.75, 3.05) is 40.4 Å². The Hall–Kier alpha value is -0.900. The number of rotatable bonds is 9. The van der Waals surface area contributed by atoms with Crippen molar-refractivity contribution in [1.29, 1.82) is 0 Å². The van der Waals surface area contributed by atoms with Gasteiger partial charge in [0.25, 0.3) is 0 Å². The zero-order chi connectivity index (χ0) is 14.1. The van der Waals surface area contributed by atoms with Gasteiger partial charge in [-0.3, -0.25) is 0 Å². The zero-order valence-corrected chi connectivity index (χ0v) is 12.8. The molecule has 19 heavy (non-hydrogen) atoms. The Balaban J connectivity index is 2.60. The quantitative estimate of drug-likeness (QED) is 0.694. The second kappa shape index (κ2) is 9.08. The summed E-state index contributed by atoms with van der Waals surface area (Å²) in [6.45, 7) is 8.27. The third-order valence-corrected chi connectivity index (χ3v) is 3.40. The molecule has 1 aromatic rings. The van der Waals surface area contributed by atoms with Crippen LogP contribution in [0.5, 0.6) is 0 Å². The highest BCUT2D eigenvalue weighted by Crippen LogP contribution is 2.18. The first-order chi connectivity index (χ1) is 9.19. The highest BCUT2D eigenvalue weighted by atomic mass is 16.5. The van der Waals surface area contributed by atoms with E-state index in [1.54, 1.807) is 7.11 Å². The lowest BCUT2D eigenvalue weighted by Crippen LogP contribution is -2.34. The molecule has 1 rings (SSSR count). The van der Waals surface area contributed by atoms with Crippen LogP contribution in [0, 0.1) is 6.92 Å². The molecule has 0 radical (unpaired) electrons. The second-order valence-electron chi connectivity index (χ2n) is 5.08. The average molecular weight is 264 g/mol. The summed E-state index contributed by atoms with van der Waals surface area (Å²) in [5, 5.41) is 3.59. The van der Waals surface area contributed by atoms with Crippen LogP contribution < -0.4 is 5.32 Å². The Morgan fingerprint density at radius 2 is 2.05 bits per heavy atom. The molecule has 0 aliphatic carbocycles. The van der Waals surface area contributed by atoms with Crippen molar-refractivity contribution in [1.82, 2.24) is 10.2 Å². The van der Waals surface area contributed by atoms with E-state index in [1.165, 1.54) is 11.1 Å². The van der Waals surface area contributed by atoms with Gasteiger partial charge >= 0.3 is 0 Å². The van der Waals surface area contributed by atoms with Gasteiger partial charge in [0.05, 0.1) is 0 Å². The normalized spacial score (nSPS) is 12.9. The third kappa shape index (κ3) is 5.72. The molecular weight excluding hydrogens is 236 g/mol. The molecule has 0 aromatic heterocycles. The van der Waals surface area contributed by atoms with E-state index in [2.05, 4.69) is 55.4 Å².